The Bertz CT molecular complexity index is 2850. The number of fused-ring (bicyclic) bond motifs is 3. The van der Waals surface area contributed by atoms with E-state index in [-0.39, 0.29) is 28.6 Å². The predicted molar refractivity (Wildman–Crippen MR) is 264 cm³/mol. The van der Waals surface area contributed by atoms with Gasteiger partial charge in [-0.3, -0.25) is 19.8 Å². The molecule has 16 nitrogen and oxygen atoms in total. The number of piperidine rings is 2. The molecule has 1 aliphatic carbocycles. The standard InChI is InChI=1S/C52H62N8O8S/c1-33(2)39-7-3-4-8-40(39)43-9-5-6-20-58(43)37-28-52(29-37)17-21-57(22-18-52)36-10-12-41(44(26-36)59-46-25-35-14-19-53-49(35)55-51(46)68-48-32-67-31-47(48)59)50(61)56-69(64,65)38-11-13-42(45(27-38)60(62)63)54-30-34-15-23-66-24-16-34/h3-4,7-8,10-14,19,25-27,33-34,37,43,47-48,54H,5-6,9,15-18,20-24,28-32H2,1-2H3,(H,53,55)(H,56,61)/t43-,47+,48+/m0/s1. The molecule has 0 radical (unpaired) electrons. The van der Waals surface area contributed by atoms with E-state index in [1.165, 1.54) is 55.4 Å². The van der Waals surface area contributed by atoms with Crippen LogP contribution in [-0.4, -0.2) is 105 Å². The first-order valence-corrected chi connectivity index (χ1v) is 26.3. The maximum atomic E-state index is 14.6. The van der Waals surface area contributed by atoms with E-state index in [0.717, 1.165) is 62.5 Å². The summed E-state index contributed by atoms with van der Waals surface area (Å²) in [5, 5.41) is 16.3. The normalized spacial score (nSPS) is 23.1. The number of hydrogen-bond acceptors (Lipinski definition) is 13. The number of amides is 1. The van der Waals surface area contributed by atoms with Gasteiger partial charge in [-0.25, -0.2) is 13.1 Å². The first kappa shape index (κ1) is 45.7. The van der Waals surface area contributed by atoms with Crippen molar-refractivity contribution in [3.8, 4) is 5.88 Å². The zero-order valence-electron chi connectivity index (χ0n) is 39.4. The molecule has 3 N–H and O–H groups in total. The number of pyridine rings is 1. The number of benzene rings is 3. The molecule has 5 aliphatic heterocycles. The quantitative estimate of drug-likeness (QED) is 0.0797. The number of nitro benzene ring substituents is 1. The van der Waals surface area contributed by atoms with Crippen LogP contribution in [-0.2, 0) is 19.5 Å². The van der Waals surface area contributed by atoms with E-state index in [9.17, 15) is 23.3 Å². The van der Waals surface area contributed by atoms with E-state index in [0.29, 0.717) is 73.9 Å². The molecule has 7 heterocycles. The van der Waals surface area contributed by atoms with Gasteiger partial charge >= 0.3 is 0 Å². The zero-order chi connectivity index (χ0) is 47.4. The van der Waals surface area contributed by atoms with Crippen molar-refractivity contribution in [2.75, 3.05) is 67.7 Å². The minimum Gasteiger partial charge on any atom is -0.468 e. The van der Waals surface area contributed by atoms with Gasteiger partial charge in [0.05, 0.1) is 40.3 Å². The van der Waals surface area contributed by atoms with Gasteiger partial charge in [0.15, 0.2) is 0 Å². The molecule has 0 bridgehead atoms. The lowest BCUT2D eigenvalue weighted by atomic mass is 9.59. The highest BCUT2D eigenvalue weighted by Crippen LogP contribution is 2.54. The first-order valence-electron chi connectivity index (χ1n) is 24.9. The van der Waals surface area contributed by atoms with Crippen LogP contribution < -0.4 is 24.6 Å². The van der Waals surface area contributed by atoms with E-state index >= 15 is 0 Å². The fourth-order valence-electron chi connectivity index (χ4n) is 12.1. The van der Waals surface area contributed by atoms with Crippen LogP contribution in [0, 0.1) is 21.4 Å². The number of aromatic amines is 1. The van der Waals surface area contributed by atoms with Crippen molar-refractivity contribution in [1.29, 1.82) is 0 Å². The molecule has 364 valence electrons. The first-order chi connectivity index (χ1) is 33.4. The molecule has 1 saturated carbocycles. The molecule has 17 heteroatoms. The van der Waals surface area contributed by atoms with Crippen molar-refractivity contribution >= 4 is 55.4 Å². The summed E-state index contributed by atoms with van der Waals surface area (Å²) in [5.41, 5.74) is 5.89. The number of H-pyrrole nitrogens is 1. The molecule has 3 aromatic carbocycles. The molecule has 3 atom stereocenters. The monoisotopic (exact) mass is 958 g/mol. The van der Waals surface area contributed by atoms with Crippen LogP contribution in [0.5, 0.6) is 5.88 Å². The van der Waals surface area contributed by atoms with Crippen molar-refractivity contribution in [1.82, 2.24) is 19.6 Å². The summed E-state index contributed by atoms with van der Waals surface area (Å²) >= 11 is 0. The van der Waals surface area contributed by atoms with E-state index in [4.69, 9.17) is 19.2 Å². The third-order valence-corrected chi connectivity index (χ3v) is 17.3. The van der Waals surface area contributed by atoms with Gasteiger partial charge < -0.3 is 34.3 Å². The van der Waals surface area contributed by atoms with E-state index in [1.807, 2.05) is 35.4 Å². The Kier molecular flexibility index (Phi) is 12.3. The summed E-state index contributed by atoms with van der Waals surface area (Å²) in [4.78, 5) is 41.1. The number of carbonyl (C=O) groups is 1. The largest absolute Gasteiger partial charge is 0.468 e. The lowest BCUT2D eigenvalue weighted by Crippen LogP contribution is -2.56. The summed E-state index contributed by atoms with van der Waals surface area (Å²) in [6.07, 6.45) is 11.3. The predicted octanol–water partition coefficient (Wildman–Crippen LogP) is 8.83. The van der Waals surface area contributed by atoms with Gasteiger partial charge in [-0.1, -0.05) is 44.5 Å². The van der Waals surface area contributed by atoms with Crippen LogP contribution in [0.3, 0.4) is 0 Å². The molecule has 11 rings (SSSR count). The van der Waals surface area contributed by atoms with Crippen LogP contribution in [0.25, 0.3) is 11.0 Å². The third kappa shape index (κ3) is 8.80. The highest BCUT2D eigenvalue weighted by atomic mass is 32.2. The summed E-state index contributed by atoms with van der Waals surface area (Å²) in [5.74, 6) is 0.267. The second kappa shape index (κ2) is 18.5. The van der Waals surface area contributed by atoms with Gasteiger partial charge in [-0.05, 0) is 129 Å². The number of rotatable bonds is 12. The Hall–Kier alpha value is -5.75. The lowest BCUT2D eigenvalue weighted by Gasteiger charge is -2.57. The van der Waals surface area contributed by atoms with Gasteiger partial charge in [0, 0.05) is 68.3 Å². The maximum absolute atomic E-state index is 14.6. The fourth-order valence-corrected chi connectivity index (χ4v) is 13.1. The lowest BCUT2D eigenvalue weighted by molar-refractivity contribution is -0.384. The second-order valence-corrected chi connectivity index (χ2v) is 22.1. The number of aromatic nitrogens is 2. The van der Waals surface area contributed by atoms with Crippen LogP contribution in [0.1, 0.15) is 105 Å². The molecule has 1 amide bonds. The molecule has 5 fully saturated rings. The molecular formula is C52H62N8O8S. The minimum atomic E-state index is -4.59. The van der Waals surface area contributed by atoms with Crippen molar-refractivity contribution in [2.45, 2.75) is 107 Å². The number of carbonyl (C=O) groups excluding carboxylic acids is 1. The summed E-state index contributed by atoms with van der Waals surface area (Å²) in [6.45, 7) is 9.83. The molecule has 69 heavy (non-hydrogen) atoms. The van der Waals surface area contributed by atoms with E-state index in [1.54, 1.807) is 6.07 Å². The summed E-state index contributed by atoms with van der Waals surface area (Å²) < 4.78 is 48.3. The van der Waals surface area contributed by atoms with Crippen molar-refractivity contribution in [2.24, 2.45) is 11.3 Å². The van der Waals surface area contributed by atoms with Gasteiger partial charge in [0.2, 0.25) is 5.88 Å². The van der Waals surface area contributed by atoms with Crippen LogP contribution in [0.4, 0.5) is 28.4 Å². The SMILES string of the molecule is CC(C)c1ccccc1[C@@H]1CCCCN1C1CC2(CCN(c3ccc(C(=O)NS(=O)(=O)c4ccc(NCC5CCOCC5)c([N+](=O)[O-])c4)c(N4c5cc6cc[nH]c6nc5O[C@@H]5COC[C@H]54)c3)CC2)C1. The van der Waals surface area contributed by atoms with Crippen LogP contribution >= 0.6 is 0 Å². The van der Waals surface area contributed by atoms with Gasteiger partial charge in [0.25, 0.3) is 21.6 Å². The average molecular weight is 959 g/mol. The summed E-state index contributed by atoms with van der Waals surface area (Å²) in [6, 6.07) is 22.9. The summed E-state index contributed by atoms with van der Waals surface area (Å²) in [7, 11) is -4.59. The Labute approximate surface area is 403 Å². The fraction of sp³-hybridized carbons (Fsp3) is 0.500. The molecule has 5 aromatic rings. The molecule has 6 aliphatic rings. The average Bonchev–Trinajstić information content (AvgIpc) is 4.03. The number of sulfonamides is 1. The number of likely N-dealkylation sites (tertiary alicyclic amines) is 1. The number of hydrogen-bond donors (Lipinski definition) is 3. The van der Waals surface area contributed by atoms with Crippen molar-refractivity contribution < 1.29 is 32.3 Å². The molecule has 1 spiro atoms. The van der Waals surface area contributed by atoms with Gasteiger partial charge in [0.1, 0.15) is 23.1 Å². The Balaban J connectivity index is 0.866. The Morgan fingerprint density at radius 2 is 1.75 bits per heavy atom. The number of anilines is 4. The van der Waals surface area contributed by atoms with Crippen molar-refractivity contribution in [3.05, 3.63) is 106 Å². The molecular weight excluding hydrogens is 897 g/mol. The van der Waals surface area contributed by atoms with Gasteiger partial charge in [-0.15, -0.1) is 0 Å². The highest BCUT2D eigenvalue weighted by Gasteiger charge is 2.50. The number of nitro groups is 1. The zero-order valence-corrected chi connectivity index (χ0v) is 40.2. The topological polar surface area (TPSA) is 184 Å². The second-order valence-electron chi connectivity index (χ2n) is 20.5. The molecule has 2 aromatic heterocycles. The maximum Gasteiger partial charge on any atom is 0.293 e. The number of ether oxygens (including phenoxy) is 3. The molecule has 4 saturated heterocycles. The Morgan fingerprint density at radius 3 is 2.55 bits per heavy atom. The highest BCUT2D eigenvalue weighted by molar-refractivity contribution is 7.90. The van der Waals surface area contributed by atoms with Crippen molar-refractivity contribution in [3.63, 3.8) is 0 Å². The molecule has 0 unspecified atom stereocenters. The van der Waals surface area contributed by atoms with Gasteiger partial charge in [-0.2, -0.15) is 4.98 Å². The number of nitrogens with zero attached hydrogens (tertiary/aromatic N) is 5. The minimum absolute atomic E-state index is 0.115. The van der Waals surface area contributed by atoms with Crippen LogP contribution in [0.15, 0.2) is 83.9 Å². The van der Waals surface area contributed by atoms with E-state index < -0.39 is 37.5 Å². The number of nitrogens with one attached hydrogen (secondary N) is 3. The van der Waals surface area contributed by atoms with Crippen LogP contribution in [0.2, 0.25) is 0 Å². The Morgan fingerprint density at radius 1 is 0.942 bits per heavy atom. The van der Waals surface area contributed by atoms with E-state index in [2.05, 4.69) is 62.9 Å². The third-order valence-electron chi connectivity index (χ3n) is 16.0. The smallest absolute Gasteiger partial charge is 0.293 e.